The highest BCUT2D eigenvalue weighted by molar-refractivity contribution is 6.09. The van der Waals surface area contributed by atoms with Crippen LogP contribution in [0, 0.1) is 6.92 Å². The Balaban J connectivity index is 1.49. The standard InChI is InChI=1S/C31H28N2O4/c1-5-36-22-12-10-21(11-13-22)26-18-37-30-17-29(35-4)24(16-25(26)30)19(2)14-31(34)33-28-15-20(3)32-27-9-7-6-8-23(27)28/h6-18H,5H2,1-4H3,(H,32,33,34)/b19-14+. The number of aryl methyl sites for hydroxylation is 1. The van der Waals surface area contributed by atoms with Crippen molar-refractivity contribution in [3.8, 4) is 22.6 Å². The van der Waals surface area contributed by atoms with Crippen molar-refractivity contribution in [3.05, 3.63) is 90.3 Å². The van der Waals surface area contributed by atoms with Crippen molar-refractivity contribution in [2.24, 2.45) is 0 Å². The first-order valence-corrected chi connectivity index (χ1v) is 12.2. The first-order valence-electron chi connectivity index (χ1n) is 12.2. The molecule has 3 aromatic carbocycles. The number of furan rings is 1. The van der Waals surface area contributed by atoms with Crippen molar-refractivity contribution in [3.63, 3.8) is 0 Å². The number of fused-ring (bicyclic) bond motifs is 2. The molecule has 0 aliphatic rings. The molecular formula is C31H28N2O4. The van der Waals surface area contributed by atoms with Gasteiger partial charge in [0, 0.05) is 39.7 Å². The van der Waals surface area contributed by atoms with Gasteiger partial charge in [-0.15, -0.1) is 0 Å². The lowest BCUT2D eigenvalue weighted by molar-refractivity contribution is -0.111. The van der Waals surface area contributed by atoms with Crippen LogP contribution in [0.2, 0.25) is 0 Å². The molecule has 0 aliphatic heterocycles. The van der Waals surface area contributed by atoms with Gasteiger partial charge in [-0.25, -0.2) is 0 Å². The van der Waals surface area contributed by atoms with E-state index in [9.17, 15) is 4.79 Å². The Morgan fingerprint density at radius 1 is 1.05 bits per heavy atom. The fourth-order valence-electron chi connectivity index (χ4n) is 4.51. The number of para-hydroxylation sites is 1. The summed E-state index contributed by atoms with van der Waals surface area (Å²) in [6, 6.07) is 21.4. The van der Waals surface area contributed by atoms with Crippen LogP contribution in [-0.2, 0) is 4.79 Å². The zero-order valence-corrected chi connectivity index (χ0v) is 21.3. The first-order chi connectivity index (χ1) is 18.0. The molecule has 6 nitrogen and oxygen atoms in total. The third kappa shape index (κ3) is 4.91. The van der Waals surface area contributed by atoms with Gasteiger partial charge < -0.3 is 19.2 Å². The van der Waals surface area contributed by atoms with Gasteiger partial charge in [-0.1, -0.05) is 30.3 Å². The van der Waals surface area contributed by atoms with Crippen LogP contribution in [0.1, 0.15) is 25.1 Å². The van der Waals surface area contributed by atoms with Crippen molar-refractivity contribution in [2.75, 3.05) is 19.0 Å². The van der Waals surface area contributed by atoms with E-state index in [0.29, 0.717) is 17.9 Å². The first kappa shape index (κ1) is 24.1. The summed E-state index contributed by atoms with van der Waals surface area (Å²) in [5.74, 6) is 1.23. The van der Waals surface area contributed by atoms with Crippen molar-refractivity contribution >= 4 is 39.0 Å². The van der Waals surface area contributed by atoms with E-state index in [2.05, 4.69) is 10.3 Å². The maximum absolute atomic E-state index is 13.1. The molecule has 0 saturated heterocycles. The summed E-state index contributed by atoms with van der Waals surface area (Å²) in [7, 11) is 1.61. The molecule has 0 spiro atoms. The molecular weight excluding hydrogens is 464 g/mol. The highest BCUT2D eigenvalue weighted by atomic mass is 16.5. The molecule has 6 heteroatoms. The van der Waals surface area contributed by atoms with Gasteiger partial charge in [0.15, 0.2) is 0 Å². The van der Waals surface area contributed by atoms with E-state index in [1.807, 2.05) is 87.5 Å². The number of benzene rings is 3. The number of rotatable bonds is 7. The van der Waals surface area contributed by atoms with Gasteiger partial charge >= 0.3 is 0 Å². The van der Waals surface area contributed by atoms with Crippen LogP contribution in [0.25, 0.3) is 38.6 Å². The average Bonchev–Trinajstić information content (AvgIpc) is 3.31. The number of anilines is 1. The summed E-state index contributed by atoms with van der Waals surface area (Å²) in [5.41, 5.74) is 6.67. The predicted octanol–water partition coefficient (Wildman–Crippen LogP) is 7.41. The smallest absolute Gasteiger partial charge is 0.248 e. The normalized spacial score (nSPS) is 11.6. The largest absolute Gasteiger partial charge is 0.496 e. The Morgan fingerprint density at radius 2 is 1.84 bits per heavy atom. The number of nitrogens with zero attached hydrogens (tertiary/aromatic N) is 1. The van der Waals surface area contributed by atoms with E-state index < -0.39 is 0 Å². The number of ether oxygens (including phenoxy) is 2. The van der Waals surface area contributed by atoms with Gasteiger partial charge in [-0.3, -0.25) is 9.78 Å². The number of methoxy groups -OCH3 is 1. The van der Waals surface area contributed by atoms with Crippen LogP contribution >= 0.6 is 0 Å². The Morgan fingerprint density at radius 3 is 2.59 bits per heavy atom. The van der Waals surface area contributed by atoms with Crippen LogP contribution in [0.5, 0.6) is 11.5 Å². The Labute approximate surface area is 215 Å². The number of amides is 1. The van der Waals surface area contributed by atoms with Gasteiger partial charge in [-0.2, -0.15) is 0 Å². The number of hydrogen-bond donors (Lipinski definition) is 1. The minimum absolute atomic E-state index is 0.227. The van der Waals surface area contributed by atoms with Crippen molar-refractivity contribution < 1.29 is 18.7 Å². The molecule has 0 aliphatic carbocycles. The van der Waals surface area contributed by atoms with Crippen molar-refractivity contribution in [1.29, 1.82) is 0 Å². The maximum atomic E-state index is 13.1. The maximum Gasteiger partial charge on any atom is 0.248 e. The van der Waals surface area contributed by atoms with Gasteiger partial charge in [0.25, 0.3) is 0 Å². The zero-order valence-electron chi connectivity index (χ0n) is 21.3. The summed E-state index contributed by atoms with van der Waals surface area (Å²) in [5, 5.41) is 4.85. The SMILES string of the molecule is CCOc1ccc(-c2coc3cc(OC)c(/C(C)=C/C(=O)Nc4cc(C)nc5ccccc45)cc23)cc1. The van der Waals surface area contributed by atoms with Gasteiger partial charge in [-0.05, 0) is 62.2 Å². The van der Waals surface area contributed by atoms with Crippen LogP contribution in [0.4, 0.5) is 5.69 Å². The zero-order chi connectivity index (χ0) is 25.9. The Kier molecular flexibility index (Phi) is 6.64. The molecule has 1 N–H and O–H groups in total. The third-order valence-electron chi connectivity index (χ3n) is 6.25. The van der Waals surface area contributed by atoms with Crippen LogP contribution in [0.15, 0.2) is 83.5 Å². The molecule has 0 radical (unpaired) electrons. The van der Waals surface area contributed by atoms with E-state index >= 15 is 0 Å². The third-order valence-corrected chi connectivity index (χ3v) is 6.25. The highest BCUT2D eigenvalue weighted by Crippen LogP contribution is 2.38. The van der Waals surface area contributed by atoms with E-state index in [1.54, 1.807) is 19.4 Å². The summed E-state index contributed by atoms with van der Waals surface area (Å²) in [4.78, 5) is 17.6. The summed E-state index contributed by atoms with van der Waals surface area (Å²) >= 11 is 0. The molecule has 0 bridgehead atoms. The molecule has 0 fully saturated rings. The molecule has 0 atom stereocenters. The molecule has 186 valence electrons. The van der Waals surface area contributed by atoms with E-state index in [-0.39, 0.29) is 5.91 Å². The Hall–Kier alpha value is -4.58. The molecule has 0 unspecified atom stereocenters. The number of hydrogen-bond acceptors (Lipinski definition) is 5. The second-order valence-electron chi connectivity index (χ2n) is 8.80. The lowest BCUT2D eigenvalue weighted by Crippen LogP contribution is -2.09. The van der Waals surface area contributed by atoms with Crippen molar-refractivity contribution in [2.45, 2.75) is 20.8 Å². The summed E-state index contributed by atoms with van der Waals surface area (Å²) < 4.78 is 17.1. The van der Waals surface area contributed by atoms with Crippen molar-refractivity contribution in [1.82, 2.24) is 4.98 Å². The second-order valence-corrected chi connectivity index (χ2v) is 8.80. The number of nitrogens with one attached hydrogen (secondary N) is 1. The number of allylic oxidation sites excluding steroid dienone is 1. The van der Waals surface area contributed by atoms with E-state index in [1.165, 1.54) is 0 Å². The monoisotopic (exact) mass is 492 g/mol. The lowest BCUT2D eigenvalue weighted by atomic mass is 9.99. The molecule has 2 aromatic heterocycles. The van der Waals surface area contributed by atoms with E-state index in [4.69, 9.17) is 13.9 Å². The second kappa shape index (κ2) is 10.2. The highest BCUT2D eigenvalue weighted by Gasteiger charge is 2.15. The fraction of sp³-hybridized carbons (Fsp3) is 0.161. The average molecular weight is 493 g/mol. The topological polar surface area (TPSA) is 73.6 Å². The van der Waals surface area contributed by atoms with Crippen LogP contribution in [-0.4, -0.2) is 24.6 Å². The van der Waals surface area contributed by atoms with Gasteiger partial charge in [0.05, 0.1) is 31.2 Å². The number of carbonyl (C=O) groups excluding carboxylic acids is 1. The predicted molar refractivity (Wildman–Crippen MR) is 148 cm³/mol. The number of carbonyl (C=O) groups is 1. The van der Waals surface area contributed by atoms with E-state index in [0.717, 1.165) is 55.7 Å². The molecule has 5 aromatic rings. The van der Waals surface area contributed by atoms with Crippen LogP contribution in [0.3, 0.4) is 0 Å². The number of pyridine rings is 1. The molecule has 1 amide bonds. The van der Waals surface area contributed by atoms with Crippen LogP contribution < -0.4 is 14.8 Å². The Bertz CT molecular complexity index is 1630. The molecule has 5 rings (SSSR count). The van der Waals surface area contributed by atoms with Gasteiger partial charge in [0.1, 0.15) is 17.1 Å². The molecule has 2 heterocycles. The summed E-state index contributed by atoms with van der Waals surface area (Å²) in [6.45, 7) is 6.39. The minimum atomic E-state index is -0.227. The lowest BCUT2D eigenvalue weighted by Gasteiger charge is -2.11. The van der Waals surface area contributed by atoms with Gasteiger partial charge in [0.2, 0.25) is 5.91 Å². The molecule has 0 saturated carbocycles. The minimum Gasteiger partial charge on any atom is -0.496 e. The quantitative estimate of drug-likeness (QED) is 0.240. The summed E-state index contributed by atoms with van der Waals surface area (Å²) in [6.07, 6.45) is 3.33. The molecule has 37 heavy (non-hydrogen) atoms. The fourth-order valence-corrected chi connectivity index (χ4v) is 4.51. The number of aromatic nitrogens is 1.